The zero-order valence-electron chi connectivity index (χ0n) is 21.3. The van der Waals surface area contributed by atoms with Gasteiger partial charge in [-0.1, -0.05) is 18.2 Å². The second-order valence-corrected chi connectivity index (χ2v) is 10.4. The zero-order chi connectivity index (χ0) is 29.0. The van der Waals surface area contributed by atoms with Gasteiger partial charge in [0.15, 0.2) is 0 Å². The van der Waals surface area contributed by atoms with Crippen LogP contribution in [0.1, 0.15) is 38.5 Å². The van der Waals surface area contributed by atoms with E-state index in [9.17, 15) is 50.8 Å². The van der Waals surface area contributed by atoms with E-state index in [0.29, 0.717) is 5.56 Å². The topological polar surface area (TPSA) is 227 Å². The number of phenols is 1. The molecule has 13 heteroatoms. The second-order valence-electron chi connectivity index (χ2n) is 10.4. The maximum Gasteiger partial charge on any atom is 0.229 e. The van der Waals surface area contributed by atoms with E-state index in [2.05, 4.69) is 0 Å². The van der Waals surface area contributed by atoms with Crippen molar-refractivity contribution in [1.82, 2.24) is 0 Å². The van der Waals surface area contributed by atoms with Crippen molar-refractivity contribution in [3.63, 3.8) is 0 Å². The smallest absolute Gasteiger partial charge is 0.229 e. The third kappa shape index (κ3) is 4.58. The zero-order valence-corrected chi connectivity index (χ0v) is 21.3. The predicted octanol–water partition coefficient (Wildman–Crippen LogP) is -2.60. The number of aryl methyl sites for hydroxylation is 1. The van der Waals surface area contributed by atoms with Crippen LogP contribution in [0, 0.1) is 6.92 Å². The average molecular weight is 565 g/mol. The Morgan fingerprint density at radius 3 is 2.05 bits per heavy atom. The number of benzene rings is 2. The molecule has 40 heavy (non-hydrogen) atoms. The van der Waals surface area contributed by atoms with Crippen LogP contribution in [0.2, 0.25) is 0 Å². The number of hydrogen-bond donors (Lipinski definition) is 9. The van der Waals surface area contributed by atoms with Crippen LogP contribution in [0.3, 0.4) is 0 Å². The van der Waals surface area contributed by atoms with Gasteiger partial charge in [0.25, 0.3) is 0 Å². The van der Waals surface area contributed by atoms with Crippen LogP contribution in [0.5, 0.6) is 11.5 Å². The fourth-order valence-electron chi connectivity index (χ4n) is 5.78. The van der Waals surface area contributed by atoms with Gasteiger partial charge in [-0.3, -0.25) is 4.79 Å². The Morgan fingerprint density at radius 1 is 0.775 bits per heavy atom. The molecular formula is C27H32O13. The van der Waals surface area contributed by atoms with Crippen molar-refractivity contribution >= 4 is 5.78 Å². The number of aliphatic hydroxyl groups is 8. The molecule has 0 radical (unpaired) electrons. The fraction of sp³-hybridized carbons (Fsp3) is 0.519. The van der Waals surface area contributed by atoms with Gasteiger partial charge in [0.2, 0.25) is 12.1 Å². The van der Waals surface area contributed by atoms with Crippen LogP contribution in [0.15, 0.2) is 30.3 Å². The Kier molecular flexibility index (Phi) is 7.89. The van der Waals surface area contributed by atoms with Crippen molar-refractivity contribution in [1.29, 1.82) is 0 Å². The predicted molar refractivity (Wildman–Crippen MR) is 133 cm³/mol. The van der Waals surface area contributed by atoms with E-state index in [1.807, 2.05) is 0 Å². The van der Waals surface area contributed by atoms with Crippen molar-refractivity contribution < 1.29 is 65.0 Å². The summed E-state index contributed by atoms with van der Waals surface area (Å²) >= 11 is 0. The Labute approximate surface area is 228 Å². The van der Waals surface area contributed by atoms with Crippen molar-refractivity contribution in [3.8, 4) is 11.5 Å². The van der Waals surface area contributed by atoms with Crippen LogP contribution in [-0.2, 0) is 9.47 Å². The van der Waals surface area contributed by atoms with Crippen LogP contribution in [0.4, 0.5) is 0 Å². The number of carbonyl (C=O) groups is 1. The first-order chi connectivity index (χ1) is 19.0. The first-order valence-electron chi connectivity index (χ1n) is 12.8. The number of ketones is 1. The Morgan fingerprint density at radius 2 is 1.40 bits per heavy atom. The lowest BCUT2D eigenvalue weighted by atomic mass is 9.71. The highest BCUT2D eigenvalue weighted by Gasteiger charge is 2.51. The third-order valence-corrected chi connectivity index (χ3v) is 7.82. The first-order valence-corrected chi connectivity index (χ1v) is 12.8. The molecule has 3 aliphatic rings. The molecule has 2 aromatic carbocycles. The quantitative estimate of drug-likeness (QED) is 0.182. The lowest BCUT2D eigenvalue weighted by Gasteiger charge is -2.45. The number of rotatable bonds is 5. The highest BCUT2D eigenvalue weighted by molar-refractivity contribution is 6.16. The Hall–Kier alpha value is -2.69. The molecule has 0 amide bonds. The van der Waals surface area contributed by atoms with Gasteiger partial charge in [-0.15, -0.1) is 0 Å². The van der Waals surface area contributed by atoms with Crippen LogP contribution < -0.4 is 4.74 Å². The number of aromatic hydroxyl groups is 1. The van der Waals surface area contributed by atoms with Gasteiger partial charge in [-0.2, -0.15) is 0 Å². The molecule has 2 aliphatic heterocycles. The maximum absolute atomic E-state index is 13.9. The maximum atomic E-state index is 13.9. The molecule has 13 nitrogen and oxygen atoms in total. The normalized spacial score (nSPS) is 37.5. The summed E-state index contributed by atoms with van der Waals surface area (Å²) in [5.41, 5.74) is 0.854. The molecule has 5 rings (SSSR count). The lowest BCUT2D eigenvalue weighted by Crippen LogP contribution is -2.60. The third-order valence-electron chi connectivity index (χ3n) is 7.82. The van der Waals surface area contributed by atoms with Gasteiger partial charge in [-0.25, -0.2) is 0 Å². The summed E-state index contributed by atoms with van der Waals surface area (Å²) in [6.45, 7) is 0.311. The number of hydrogen-bond acceptors (Lipinski definition) is 13. The first kappa shape index (κ1) is 28.8. The van der Waals surface area contributed by atoms with Crippen molar-refractivity contribution in [3.05, 3.63) is 58.1 Å². The summed E-state index contributed by atoms with van der Waals surface area (Å²) < 4.78 is 17.1. The molecule has 2 aromatic rings. The van der Waals surface area contributed by atoms with Gasteiger partial charge in [-0.05, 0) is 35.7 Å². The summed E-state index contributed by atoms with van der Waals surface area (Å²) in [5, 5.41) is 92.7. The monoisotopic (exact) mass is 564 g/mol. The molecule has 1 aliphatic carbocycles. The molecule has 218 valence electrons. The van der Waals surface area contributed by atoms with Gasteiger partial charge in [0.05, 0.1) is 30.4 Å². The van der Waals surface area contributed by atoms with Gasteiger partial charge in [0.1, 0.15) is 60.3 Å². The minimum absolute atomic E-state index is 0.104. The van der Waals surface area contributed by atoms with Gasteiger partial charge in [0, 0.05) is 5.92 Å². The molecule has 2 fully saturated rings. The summed E-state index contributed by atoms with van der Waals surface area (Å²) in [6, 6.07) is 7.41. The number of fused-ring (bicyclic) bond motifs is 2. The minimum Gasteiger partial charge on any atom is -0.507 e. The van der Waals surface area contributed by atoms with E-state index in [4.69, 9.17) is 14.2 Å². The minimum atomic E-state index is -1.77. The highest BCUT2D eigenvalue weighted by Crippen LogP contribution is 2.48. The number of phenolic OH excluding ortho intramolecular Hbond substituents is 1. The molecule has 2 heterocycles. The van der Waals surface area contributed by atoms with E-state index >= 15 is 0 Å². The highest BCUT2D eigenvalue weighted by atomic mass is 16.7. The Balaban J connectivity index is 1.63. The van der Waals surface area contributed by atoms with Crippen molar-refractivity contribution in [2.45, 2.75) is 74.1 Å². The number of aliphatic hydroxyl groups excluding tert-OH is 8. The van der Waals surface area contributed by atoms with Crippen molar-refractivity contribution in [2.75, 3.05) is 13.2 Å². The molecule has 2 saturated heterocycles. The molecule has 0 bridgehead atoms. The van der Waals surface area contributed by atoms with Crippen LogP contribution >= 0.6 is 0 Å². The molecule has 0 spiro atoms. The lowest BCUT2D eigenvalue weighted by molar-refractivity contribution is -0.277. The Bertz CT molecular complexity index is 1260. The van der Waals surface area contributed by atoms with E-state index in [1.165, 1.54) is 18.2 Å². The molecule has 0 aromatic heterocycles. The molecule has 0 saturated carbocycles. The standard InChI is InChI=1S/C27H32O13/c1-9-5-11-16(26-24(36)22(34)19(31)14(7-28)38-26)10-3-2-4-13(18(10)21(33)17(11)12(30)6-9)39-27-25(37)23(35)20(32)15(8-29)40-27/h2-6,14-16,19-20,22-32,34-37H,7-8H2,1H3/t14-,15-,16-,19-,20-,22+,23+,24-,25-,26?,27-/m1/s1. The molecule has 11 atom stereocenters. The van der Waals surface area contributed by atoms with E-state index in [1.54, 1.807) is 19.1 Å². The average Bonchev–Trinajstić information content (AvgIpc) is 2.92. The number of ether oxygens (including phenoxy) is 3. The van der Waals surface area contributed by atoms with Crippen molar-refractivity contribution in [2.24, 2.45) is 0 Å². The molecule has 1 unspecified atom stereocenters. The summed E-state index contributed by atoms with van der Waals surface area (Å²) in [7, 11) is 0. The van der Waals surface area contributed by atoms with E-state index < -0.39 is 86.1 Å². The number of carbonyl (C=O) groups excluding carboxylic acids is 1. The van der Waals surface area contributed by atoms with Crippen LogP contribution in [-0.4, -0.2) is 126 Å². The largest absolute Gasteiger partial charge is 0.507 e. The van der Waals surface area contributed by atoms with E-state index in [0.717, 1.165) is 0 Å². The van der Waals surface area contributed by atoms with Crippen LogP contribution in [0.25, 0.3) is 0 Å². The van der Waals surface area contributed by atoms with Gasteiger partial charge >= 0.3 is 0 Å². The summed E-state index contributed by atoms with van der Waals surface area (Å²) in [6.07, 6.45) is -15.5. The molecule has 9 N–H and O–H groups in total. The fourth-order valence-corrected chi connectivity index (χ4v) is 5.78. The SMILES string of the molecule is Cc1cc(O)c2c(c1)[C@H](C1O[C@H](CO)[C@@H](O)[C@H](O)[C@H]1O)c1cccc(O[C@@H]3O[C@H](CO)[C@@H](O)[C@H](O)[C@H]3O)c1C2=O. The molecular weight excluding hydrogens is 532 g/mol. The summed E-state index contributed by atoms with van der Waals surface area (Å²) in [5.74, 6) is -2.21. The second kappa shape index (κ2) is 10.9. The van der Waals surface area contributed by atoms with Gasteiger partial charge < -0.3 is 60.2 Å². The summed E-state index contributed by atoms with van der Waals surface area (Å²) in [4.78, 5) is 13.9. The van der Waals surface area contributed by atoms with E-state index in [-0.39, 0.29) is 33.8 Å².